The van der Waals surface area contributed by atoms with Crippen LogP contribution in [0.1, 0.15) is 53.0 Å². The highest BCUT2D eigenvalue weighted by atomic mass is 19.4. The molecule has 0 radical (unpaired) electrons. The highest BCUT2D eigenvalue weighted by Gasteiger charge is 2.61. The molecule has 0 bridgehead atoms. The molecule has 1 amide bonds. The number of piperidine rings is 1. The standard InChI is InChI=1S/C32H30F9N3O4/c1-43-23-8-3-2-6-21(23)25(31(36,37)38)24(26(43)45)20-10-9-18-17(5-4-7-19(18)20)15-22(27(46)47)42-28(48)29(32(39,40)41)11-13-44(14-12-29)16-30(33,34)35/h2-8,20,22H,9-16H2,1H3,(H,42,48)(H,46,47)/t20-,22+/m1/s1. The summed E-state index contributed by atoms with van der Waals surface area (Å²) in [5, 5.41) is 11.7. The fourth-order valence-electron chi connectivity index (χ4n) is 7.07. The number of rotatable bonds is 7. The number of likely N-dealkylation sites (tertiary alicyclic amines) is 1. The van der Waals surface area contributed by atoms with Crippen molar-refractivity contribution in [3.05, 3.63) is 80.6 Å². The van der Waals surface area contributed by atoms with Gasteiger partial charge in [0, 0.05) is 30.3 Å². The van der Waals surface area contributed by atoms with Crippen LogP contribution in [0.5, 0.6) is 0 Å². The van der Waals surface area contributed by atoms with Crippen LogP contribution in [-0.4, -0.2) is 64.5 Å². The molecule has 7 nitrogen and oxygen atoms in total. The van der Waals surface area contributed by atoms with E-state index in [0.717, 1.165) is 9.47 Å². The lowest BCUT2D eigenvalue weighted by molar-refractivity contribution is -0.236. The fraction of sp³-hybridized carbons (Fsp3) is 0.469. The Labute approximate surface area is 267 Å². The number of nitrogens with zero attached hydrogens (tertiary/aromatic N) is 2. The lowest BCUT2D eigenvalue weighted by Crippen LogP contribution is -2.59. The van der Waals surface area contributed by atoms with Crippen LogP contribution in [0.2, 0.25) is 0 Å². The molecule has 2 atom stereocenters. The molecule has 1 saturated heterocycles. The van der Waals surface area contributed by atoms with Crippen molar-refractivity contribution in [1.82, 2.24) is 14.8 Å². The molecule has 1 aromatic heterocycles. The second-order valence-corrected chi connectivity index (χ2v) is 12.3. The number of fused-ring (bicyclic) bond motifs is 2. The summed E-state index contributed by atoms with van der Waals surface area (Å²) in [4.78, 5) is 39.6. The van der Waals surface area contributed by atoms with E-state index in [1.165, 1.54) is 49.5 Å². The molecule has 0 saturated carbocycles. The molecule has 1 fully saturated rings. The summed E-state index contributed by atoms with van der Waals surface area (Å²) in [7, 11) is 1.36. The molecule has 2 aliphatic rings. The van der Waals surface area contributed by atoms with Gasteiger partial charge in [-0.2, -0.15) is 39.5 Å². The Morgan fingerprint density at radius 2 is 1.62 bits per heavy atom. The third-order valence-electron chi connectivity index (χ3n) is 9.46. The number of amides is 1. The summed E-state index contributed by atoms with van der Waals surface area (Å²) in [5.41, 5.74) is -4.49. The van der Waals surface area contributed by atoms with Crippen LogP contribution in [0.25, 0.3) is 10.9 Å². The van der Waals surface area contributed by atoms with E-state index in [1.807, 2.05) is 5.32 Å². The second-order valence-electron chi connectivity index (χ2n) is 12.3. The molecule has 5 rings (SSSR count). The summed E-state index contributed by atoms with van der Waals surface area (Å²) >= 11 is 0. The average molecular weight is 692 g/mol. The summed E-state index contributed by atoms with van der Waals surface area (Å²) in [6, 6.07) is 8.06. The van der Waals surface area contributed by atoms with Crippen LogP contribution in [-0.2, 0) is 35.7 Å². The number of pyridine rings is 1. The summed E-state index contributed by atoms with van der Waals surface area (Å²) in [6.45, 7) is -2.87. The number of hydrogen-bond acceptors (Lipinski definition) is 4. The third kappa shape index (κ3) is 6.50. The van der Waals surface area contributed by atoms with E-state index in [4.69, 9.17) is 0 Å². The first-order valence-corrected chi connectivity index (χ1v) is 14.9. The predicted molar refractivity (Wildman–Crippen MR) is 154 cm³/mol. The Bertz CT molecular complexity index is 1790. The Morgan fingerprint density at radius 3 is 2.21 bits per heavy atom. The van der Waals surface area contributed by atoms with Crippen LogP contribution in [0, 0.1) is 5.41 Å². The molecule has 2 N–H and O–H groups in total. The zero-order chi connectivity index (χ0) is 35.4. The second kappa shape index (κ2) is 12.4. The monoisotopic (exact) mass is 691 g/mol. The number of benzene rings is 2. The number of para-hydroxylation sites is 1. The maximum Gasteiger partial charge on any atom is 0.417 e. The minimum absolute atomic E-state index is 0.0543. The van der Waals surface area contributed by atoms with Gasteiger partial charge in [-0.25, -0.2) is 4.79 Å². The average Bonchev–Trinajstić information content (AvgIpc) is 3.41. The maximum absolute atomic E-state index is 14.6. The van der Waals surface area contributed by atoms with Crippen LogP contribution >= 0.6 is 0 Å². The summed E-state index contributed by atoms with van der Waals surface area (Å²) in [6.07, 6.45) is -17.2. The zero-order valence-corrected chi connectivity index (χ0v) is 25.3. The number of aliphatic carboxylic acids is 1. The Hall–Kier alpha value is -4.08. The largest absolute Gasteiger partial charge is 0.480 e. The van der Waals surface area contributed by atoms with Crippen LogP contribution < -0.4 is 10.9 Å². The Morgan fingerprint density at radius 1 is 0.979 bits per heavy atom. The molecule has 48 heavy (non-hydrogen) atoms. The van der Waals surface area contributed by atoms with Crippen molar-refractivity contribution in [2.45, 2.75) is 62.6 Å². The number of aryl methyl sites for hydroxylation is 1. The predicted octanol–water partition coefficient (Wildman–Crippen LogP) is 5.95. The third-order valence-corrected chi connectivity index (χ3v) is 9.46. The molecule has 260 valence electrons. The lowest BCUT2D eigenvalue weighted by Gasteiger charge is -2.42. The van der Waals surface area contributed by atoms with Gasteiger partial charge in [0.2, 0.25) is 5.91 Å². The quantitative estimate of drug-likeness (QED) is 0.299. The normalized spacial score (nSPS) is 19.2. The van der Waals surface area contributed by atoms with Gasteiger partial charge < -0.3 is 15.0 Å². The SMILES string of the molecule is Cn1c(=O)c([C@@H]2CCc3c(C[C@H](NC(=O)C4(C(F)(F)F)CCN(CC(F)(F)F)CC4)C(=O)O)cccc32)c(C(F)(F)F)c2ccccc21. The highest BCUT2D eigenvalue weighted by Crippen LogP contribution is 2.48. The van der Waals surface area contributed by atoms with Crippen LogP contribution in [0.4, 0.5) is 39.5 Å². The van der Waals surface area contributed by atoms with E-state index in [0.29, 0.717) is 11.1 Å². The molecule has 16 heteroatoms. The van der Waals surface area contributed by atoms with Gasteiger partial charge >= 0.3 is 24.5 Å². The number of carboxylic acids is 1. The number of halogens is 9. The van der Waals surface area contributed by atoms with Crippen LogP contribution in [0.3, 0.4) is 0 Å². The number of carbonyl (C=O) groups is 2. The smallest absolute Gasteiger partial charge is 0.417 e. The summed E-state index contributed by atoms with van der Waals surface area (Å²) < 4.78 is 126. The minimum atomic E-state index is -5.20. The first-order chi connectivity index (χ1) is 22.2. The van der Waals surface area contributed by atoms with E-state index < -0.39 is 103 Å². The van der Waals surface area contributed by atoms with Crippen molar-refractivity contribution in [2.24, 2.45) is 12.5 Å². The van der Waals surface area contributed by atoms with E-state index in [-0.39, 0.29) is 29.3 Å². The minimum Gasteiger partial charge on any atom is -0.480 e. The summed E-state index contributed by atoms with van der Waals surface area (Å²) in [5.74, 6) is -4.41. The van der Waals surface area contributed by atoms with E-state index in [1.54, 1.807) is 0 Å². The van der Waals surface area contributed by atoms with Crippen molar-refractivity contribution in [1.29, 1.82) is 0 Å². The topological polar surface area (TPSA) is 91.6 Å². The van der Waals surface area contributed by atoms with Gasteiger partial charge in [0.1, 0.15) is 11.5 Å². The van der Waals surface area contributed by atoms with Gasteiger partial charge in [-0.3, -0.25) is 14.5 Å². The number of alkyl halides is 9. The molecule has 1 aliphatic heterocycles. The lowest BCUT2D eigenvalue weighted by atomic mass is 9.76. The first kappa shape index (κ1) is 35.2. The van der Waals surface area contributed by atoms with Gasteiger partial charge in [0.25, 0.3) is 5.56 Å². The first-order valence-electron chi connectivity index (χ1n) is 14.9. The Balaban J connectivity index is 1.46. The van der Waals surface area contributed by atoms with Crippen molar-refractivity contribution < 1.29 is 54.2 Å². The molecule has 0 spiro atoms. The van der Waals surface area contributed by atoms with E-state index in [2.05, 4.69) is 0 Å². The zero-order valence-electron chi connectivity index (χ0n) is 25.3. The molecule has 0 unspecified atom stereocenters. The van der Waals surface area contributed by atoms with Gasteiger partial charge in [-0.15, -0.1) is 0 Å². The van der Waals surface area contributed by atoms with Crippen molar-refractivity contribution in [2.75, 3.05) is 19.6 Å². The van der Waals surface area contributed by atoms with Crippen molar-refractivity contribution >= 4 is 22.8 Å². The molecule has 2 aromatic carbocycles. The fourth-order valence-corrected chi connectivity index (χ4v) is 7.07. The maximum atomic E-state index is 14.6. The number of carboxylic acid groups (broad SMARTS) is 1. The molecule has 2 heterocycles. The van der Waals surface area contributed by atoms with E-state index in [9.17, 15) is 59.0 Å². The van der Waals surface area contributed by atoms with Crippen molar-refractivity contribution in [3.63, 3.8) is 0 Å². The Kier molecular flexibility index (Phi) is 9.12. The van der Waals surface area contributed by atoms with E-state index >= 15 is 0 Å². The molecule has 1 aliphatic carbocycles. The van der Waals surface area contributed by atoms with Crippen molar-refractivity contribution in [3.8, 4) is 0 Å². The van der Waals surface area contributed by atoms with Gasteiger partial charge in [-0.05, 0) is 61.5 Å². The number of carbonyl (C=O) groups excluding carboxylic acids is 1. The van der Waals surface area contributed by atoms with Gasteiger partial charge in [0.15, 0.2) is 0 Å². The molecular formula is C32H30F9N3O4. The molecule has 3 aromatic rings. The van der Waals surface area contributed by atoms with Gasteiger partial charge in [-0.1, -0.05) is 36.4 Å². The van der Waals surface area contributed by atoms with Crippen LogP contribution in [0.15, 0.2) is 47.3 Å². The number of hydrogen-bond donors (Lipinski definition) is 2. The number of aromatic nitrogens is 1. The van der Waals surface area contributed by atoms with Gasteiger partial charge in [0.05, 0.1) is 17.6 Å². The molecular weight excluding hydrogens is 661 g/mol. The number of nitrogens with one attached hydrogen (secondary N) is 1. The highest BCUT2D eigenvalue weighted by molar-refractivity contribution is 5.88.